The van der Waals surface area contributed by atoms with Crippen LogP contribution in [0.3, 0.4) is 0 Å². The maximum Gasteiger partial charge on any atom is 0.123 e. The number of rotatable bonds is 4. The zero-order valence-corrected chi connectivity index (χ0v) is 8.52. The van der Waals surface area contributed by atoms with Gasteiger partial charge in [-0.3, -0.25) is 0 Å². The molecule has 15 heavy (non-hydrogen) atoms. The van der Waals surface area contributed by atoms with Crippen LogP contribution < -0.4 is 0 Å². The summed E-state index contributed by atoms with van der Waals surface area (Å²) in [6.45, 7) is 1.46. The molecule has 3 N–H and O–H groups in total. The van der Waals surface area contributed by atoms with Crippen LogP contribution in [-0.2, 0) is 0 Å². The SMILES string of the molecule is Cc1cc(F)ccc1C(O)C(O)CCO. The molecule has 4 heteroatoms. The summed E-state index contributed by atoms with van der Waals surface area (Å²) in [5.41, 5.74) is 1.07. The fraction of sp³-hybridized carbons (Fsp3) is 0.455. The minimum atomic E-state index is -1.09. The number of hydrogen-bond donors (Lipinski definition) is 3. The molecule has 0 spiro atoms. The van der Waals surface area contributed by atoms with Crippen molar-refractivity contribution in [3.05, 3.63) is 35.1 Å². The zero-order chi connectivity index (χ0) is 11.4. The molecule has 0 saturated carbocycles. The molecule has 0 aromatic heterocycles. The third-order valence-corrected chi connectivity index (χ3v) is 2.34. The summed E-state index contributed by atoms with van der Waals surface area (Å²) in [6, 6.07) is 3.97. The Morgan fingerprint density at radius 3 is 2.53 bits per heavy atom. The van der Waals surface area contributed by atoms with Gasteiger partial charge in [-0.25, -0.2) is 4.39 Å². The van der Waals surface area contributed by atoms with Crippen molar-refractivity contribution in [3.63, 3.8) is 0 Å². The van der Waals surface area contributed by atoms with Gasteiger partial charge >= 0.3 is 0 Å². The summed E-state index contributed by atoms with van der Waals surface area (Å²) in [6.07, 6.45) is -2.02. The summed E-state index contributed by atoms with van der Waals surface area (Å²) in [4.78, 5) is 0. The fourth-order valence-electron chi connectivity index (χ4n) is 1.47. The highest BCUT2D eigenvalue weighted by Crippen LogP contribution is 2.22. The van der Waals surface area contributed by atoms with E-state index in [2.05, 4.69) is 0 Å². The molecule has 0 aliphatic heterocycles. The molecule has 1 rings (SSSR count). The van der Waals surface area contributed by atoms with E-state index in [0.29, 0.717) is 11.1 Å². The standard InChI is InChI=1S/C11H15FO3/c1-7-6-8(12)2-3-9(7)11(15)10(14)4-5-13/h2-3,6,10-11,13-15H,4-5H2,1H3. The van der Waals surface area contributed by atoms with Crippen molar-refractivity contribution in [2.45, 2.75) is 25.6 Å². The summed E-state index contributed by atoms with van der Waals surface area (Å²) < 4.78 is 12.8. The minimum Gasteiger partial charge on any atom is -0.396 e. The van der Waals surface area contributed by atoms with Crippen LogP contribution in [0.4, 0.5) is 4.39 Å². The first kappa shape index (κ1) is 12.1. The molecule has 0 aliphatic carbocycles. The van der Waals surface area contributed by atoms with E-state index in [9.17, 15) is 14.6 Å². The van der Waals surface area contributed by atoms with E-state index < -0.39 is 12.2 Å². The highest BCUT2D eigenvalue weighted by molar-refractivity contribution is 5.29. The second-order valence-corrected chi connectivity index (χ2v) is 3.53. The summed E-state index contributed by atoms with van der Waals surface area (Å²) in [5.74, 6) is -0.375. The molecule has 0 fully saturated rings. The van der Waals surface area contributed by atoms with Gasteiger partial charge in [0.1, 0.15) is 11.9 Å². The average molecular weight is 214 g/mol. The van der Waals surface area contributed by atoms with Gasteiger partial charge in [0.25, 0.3) is 0 Å². The van der Waals surface area contributed by atoms with Crippen molar-refractivity contribution in [1.82, 2.24) is 0 Å². The van der Waals surface area contributed by atoms with Crippen LogP contribution in [0.15, 0.2) is 18.2 Å². The first-order valence-corrected chi connectivity index (χ1v) is 4.79. The average Bonchev–Trinajstić information content (AvgIpc) is 2.17. The van der Waals surface area contributed by atoms with Crippen molar-refractivity contribution >= 4 is 0 Å². The van der Waals surface area contributed by atoms with Gasteiger partial charge in [0.2, 0.25) is 0 Å². The Balaban J connectivity index is 2.86. The van der Waals surface area contributed by atoms with Crippen LogP contribution >= 0.6 is 0 Å². The van der Waals surface area contributed by atoms with E-state index >= 15 is 0 Å². The van der Waals surface area contributed by atoms with Gasteiger partial charge < -0.3 is 15.3 Å². The van der Waals surface area contributed by atoms with E-state index in [-0.39, 0.29) is 18.8 Å². The molecular weight excluding hydrogens is 199 g/mol. The lowest BCUT2D eigenvalue weighted by molar-refractivity contribution is 0.00385. The van der Waals surface area contributed by atoms with Crippen molar-refractivity contribution < 1.29 is 19.7 Å². The summed E-state index contributed by atoms with van der Waals surface area (Å²) in [5, 5.41) is 27.8. The van der Waals surface area contributed by atoms with E-state index in [1.807, 2.05) is 0 Å². The van der Waals surface area contributed by atoms with Gasteiger partial charge in [-0.15, -0.1) is 0 Å². The predicted octanol–water partition coefficient (Wildman–Crippen LogP) is 0.911. The van der Waals surface area contributed by atoms with Crippen molar-refractivity contribution in [3.8, 4) is 0 Å². The van der Waals surface area contributed by atoms with Crippen LogP contribution in [0.5, 0.6) is 0 Å². The van der Waals surface area contributed by atoms with Gasteiger partial charge in [0.05, 0.1) is 6.10 Å². The Labute approximate surface area is 87.8 Å². The fourth-order valence-corrected chi connectivity index (χ4v) is 1.47. The lowest BCUT2D eigenvalue weighted by atomic mass is 9.98. The number of aliphatic hydroxyl groups excluding tert-OH is 3. The third-order valence-electron chi connectivity index (χ3n) is 2.34. The van der Waals surface area contributed by atoms with Crippen LogP contribution in [0, 0.1) is 12.7 Å². The number of aryl methyl sites for hydroxylation is 1. The predicted molar refractivity (Wildman–Crippen MR) is 53.8 cm³/mol. The Kier molecular flexibility index (Phi) is 4.20. The Morgan fingerprint density at radius 2 is 2.00 bits per heavy atom. The molecule has 2 atom stereocenters. The van der Waals surface area contributed by atoms with Gasteiger partial charge in [0.15, 0.2) is 0 Å². The van der Waals surface area contributed by atoms with E-state index in [1.54, 1.807) is 6.92 Å². The zero-order valence-electron chi connectivity index (χ0n) is 8.52. The maximum absolute atomic E-state index is 12.8. The molecule has 0 bridgehead atoms. The highest BCUT2D eigenvalue weighted by Gasteiger charge is 2.19. The Morgan fingerprint density at radius 1 is 1.33 bits per heavy atom. The molecule has 0 saturated heterocycles. The molecule has 0 radical (unpaired) electrons. The summed E-state index contributed by atoms with van der Waals surface area (Å²) >= 11 is 0. The second kappa shape index (κ2) is 5.21. The van der Waals surface area contributed by atoms with E-state index in [4.69, 9.17) is 5.11 Å². The normalized spacial score (nSPS) is 15.0. The van der Waals surface area contributed by atoms with E-state index in [1.165, 1.54) is 18.2 Å². The lowest BCUT2D eigenvalue weighted by Gasteiger charge is -2.19. The number of hydrogen-bond acceptors (Lipinski definition) is 3. The molecule has 0 amide bonds. The Hall–Kier alpha value is -0.970. The third kappa shape index (κ3) is 2.99. The first-order chi connectivity index (χ1) is 7.06. The number of halogens is 1. The van der Waals surface area contributed by atoms with Crippen molar-refractivity contribution in [2.24, 2.45) is 0 Å². The van der Waals surface area contributed by atoms with Crippen LogP contribution in [0.2, 0.25) is 0 Å². The monoisotopic (exact) mass is 214 g/mol. The molecule has 3 nitrogen and oxygen atoms in total. The van der Waals surface area contributed by atoms with Gasteiger partial charge in [0, 0.05) is 6.61 Å². The van der Waals surface area contributed by atoms with Crippen molar-refractivity contribution in [1.29, 1.82) is 0 Å². The topological polar surface area (TPSA) is 60.7 Å². The van der Waals surface area contributed by atoms with E-state index in [0.717, 1.165) is 0 Å². The molecule has 84 valence electrons. The highest BCUT2D eigenvalue weighted by atomic mass is 19.1. The molecule has 0 heterocycles. The van der Waals surface area contributed by atoms with Gasteiger partial charge in [-0.2, -0.15) is 0 Å². The Bertz CT molecular complexity index is 328. The quantitative estimate of drug-likeness (QED) is 0.698. The van der Waals surface area contributed by atoms with Gasteiger partial charge in [-0.1, -0.05) is 6.07 Å². The minimum absolute atomic E-state index is 0.0952. The number of benzene rings is 1. The number of aliphatic hydroxyl groups is 3. The molecular formula is C11H15FO3. The first-order valence-electron chi connectivity index (χ1n) is 4.79. The van der Waals surface area contributed by atoms with Crippen LogP contribution in [0.1, 0.15) is 23.7 Å². The molecule has 2 unspecified atom stereocenters. The smallest absolute Gasteiger partial charge is 0.123 e. The maximum atomic E-state index is 12.8. The lowest BCUT2D eigenvalue weighted by Crippen LogP contribution is -2.20. The van der Waals surface area contributed by atoms with Gasteiger partial charge in [-0.05, 0) is 36.6 Å². The largest absolute Gasteiger partial charge is 0.396 e. The van der Waals surface area contributed by atoms with Crippen LogP contribution in [0.25, 0.3) is 0 Å². The van der Waals surface area contributed by atoms with Crippen LogP contribution in [-0.4, -0.2) is 28.0 Å². The molecule has 1 aromatic carbocycles. The molecule has 1 aromatic rings. The second-order valence-electron chi connectivity index (χ2n) is 3.53. The molecule has 0 aliphatic rings. The van der Waals surface area contributed by atoms with Crippen molar-refractivity contribution in [2.75, 3.05) is 6.61 Å². The summed E-state index contributed by atoms with van der Waals surface area (Å²) in [7, 11) is 0.